The van der Waals surface area contributed by atoms with Gasteiger partial charge in [0.25, 0.3) is 0 Å². The van der Waals surface area contributed by atoms with Crippen molar-refractivity contribution in [2.24, 2.45) is 0 Å². The van der Waals surface area contributed by atoms with Crippen LogP contribution >= 0.6 is 0 Å². The molecule has 1 aromatic carbocycles. The summed E-state index contributed by atoms with van der Waals surface area (Å²) in [6, 6.07) is 8.03. The predicted octanol–water partition coefficient (Wildman–Crippen LogP) is 1.95. The zero-order valence-electron chi connectivity index (χ0n) is 11.8. The highest BCUT2D eigenvalue weighted by molar-refractivity contribution is 6.35. The molecule has 0 saturated heterocycles. The highest BCUT2D eigenvalue weighted by atomic mass is 16.2. The number of carbonyl (C=O) groups excluding carboxylic acids is 2. The normalized spacial score (nSPS) is 10.3. The van der Waals surface area contributed by atoms with Crippen LogP contribution in [0.25, 0.3) is 0 Å². The van der Waals surface area contributed by atoms with Gasteiger partial charge in [0.15, 0.2) is 0 Å². The van der Waals surface area contributed by atoms with E-state index in [9.17, 15) is 9.59 Å². The minimum atomic E-state index is -0.582. The maximum absolute atomic E-state index is 11.5. The van der Waals surface area contributed by atoms with Gasteiger partial charge in [-0.3, -0.25) is 9.59 Å². The van der Waals surface area contributed by atoms with Crippen LogP contribution < -0.4 is 10.6 Å². The number of carbonyl (C=O) groups is 2. The molecule has 0 aliphatic carbocycles. The zero-order valence-corrected chi connectivity index (χ0v) is 11.8. The number of amides is 2. The predicted molar refractivity (Wildman–Crippen MR) is 75.7 cm³/mol. The van der Waals surface area contributed by atoms with Crippen molar-refractivity contribution in [2.45, 2.75) is 39.7 Å². The molecule has 1 aromatic rings. The Balaban J connectivity index is 2.43. The summed E-state index contributed by atoms with van der Waals surface area (Å²) in [5, 5.41) is 5.15. The molecule has 0 atom stereocenters. The maximum Gasteiger partial charge on any atom is 0.309 e. The molecule has 0 unspecified atom stereocenters. The van der Waals surface area contributed by atoms with Gasteiger partial charge in [0, 0.05) is 13.1 Å². The SMILES string of the molecule is CCCNC(=O)C(=O)NCc1ccc(C(C)C)cc1. The lowest BCUT2D eigenvalue weighted by Crippen LogP contribution is -2.39. The molecular formula is C15H22N2O2. The number of hydrogen-bond acceptors (Lipinski definition) is 2. The van der Waals surface area contributed by atoms with Gasteiger partial charge in [-0.1, -0.05) is 45.0 Å². The topological polar surface area (TPSA) is 58.2 Å². The van der Waals surface area contributed by atoms with Crippen LogP contribution in [0.15, 0.2) is 24.3 Å². The summed E-state index contributed by atoms with van der Waals surface area (Å²) in [6.07, 6.45) is 0.815. The van der Waals surface area contributed by atoms with Crippen molar-refractivity contribution in [3.63, 3.8) is 0 Å². The Morgan fingerprint density at radius 2 is 1.63 bits per heavy atom. The van der Waals surface area contributed by atoms with Crippen LogP contribution in [-0.4, -0.2) is 18.4 Å². The number of hydrogen-bond donors (Lipinski definition) is 2. The molecular weight excluding hydrogens is 240 g/mol. The highest BCUT2D eigenvalue weighted by Crippen LogP contribution is 2.14. The lowest BCUT2D eigenvalue weighted by Gasteiger charge is -2.08. The van der Waals surface area contributed by atoms with Crippen LogP contribution in [0.2, 0.25) is 0 Å². The third kappa shape index (κ3) is 5.12. The Hall–Kier alpha value is -1.84. The van der Waals surface area contributed by atoms with Crippen molar-refractivity contribution < 1.29 is 9.59 Å². The average Bonchev–Trinajstić information content (AvgIpc) is 2.42. The number of rotatable bonds is 5. The van der Waals surface area contributed by atoms with Crippen molar-refractivity contribution in [2.75, 3.05) is 6.54 Å². The van der Waals surface area contributed by atoms with Crippen molar-refractivity contribution >= 4 is 11.8 Å². The summed E-state index contributed by atoms with van der Waals surface area (Å²) in [4.78, 5) is 22.8. The molecule has 104 valence electrons. The molecule has 0 aromatic heterocycles. The lowest BCUT2D eigenvalue weighted by atomic mass is 10.0. The Kier molecular flexibility index (Phi) is 6.06. The summed E-state index contributed by atoms with van der Waals surface area (Å²) in [7, 11) is 0. The van der Waals surface area contributed by atoms with E-state index >= 15 is 0 Å². The van der Waals surface area contributed by atoms with Gasteiger partial charge in [-0.05, 0) is 23.5 Å². The largest absolute Gasteiger partial charge is 0.348 e. The number of benzene rings is 1. The van der Waals surface area contributed by atoms with Gasteiger partial charge in [-0.15, -0.1) is 0 Å². The molecule has 0 spiro atoms. The molecule has 0 radical (unpaired) electrons. The summed E-state index contributed by atoms with van der Waals surface area (Å²) >= 11 is 0. The Morgan fingerprint density at radius 3 is 2.16 bits per heavy atom. The summed E-state index contributed by atoms with van der Waals surface area (Å²) in [5.74, 6) is -0.662. The van der Waals surface area contributed by atoms with Gasteiger partial charge < -0.3 is 10.6 Å². The molecule has 4 nitrogen and oxygen atoms in total. The molecule has 0 fully saturated rings. The average molecular weight is 262 g/mol. The molecule has 0 aliphatic rings. The van der Waals surface area contributed by atoms with E-state index in [-0.39, 0.29) is 0 Å². The summed E-state index contributed by atoms with van der Waals surface area (Å²) in [6.45, 7) is 7.10. The maximum atomic E-state index is 11.5. The van der Waals surface area contributed by atoms with E-state index in [0.717, 1.165) is 12.0 Å². The molecule has 2 amide bonds. The first-order chi connectivity index (χ1) is 9.04. The Bertz CT molecular complexity index is 424. The first-order valence-electron chi connectivity index (χ1n) is 6.69. The van der Waals surface area contributed by atoms with E-state index in [2.05, 4.69) is 24.5 Å². The fourth-order valence-corrected chi connectivity index (χ4v) is 1.60. The molecule has 4 heteroatoms. The van der Waals surface area contributed by atoms with Crippen LogP contribution in [0.5, 0.6) is 0 Å². The van der Waals surface area contributed by atoms with Crippen molar-refractivity contribution in [3.8, 4) is 0 Å². The second-order valence-electron chi connectivity index (χ2n) is 4.83. The highest BCUT2D eigenvalue weighted by Gasteiger charge is 2.11. The second-order valence-corrected chi connectivity index (χ2v) is 4.83. The van der Waals surface area contributed by atoms with Crippen molar-refractivity contribution in [1.82, 2.24) is 10.6 Å². The summed E-state index contributed by atoms with van der Waals surface area (Å²) in [5.41, 5.74) is 2.25. The number of nitrogens with one attached hydrogen (secondary N) is 2. The summed E-state index contributed by atoms with van der Waals surface area (Å²) < 4.78 is 0. The van der Waals surface area contributed by atoms with Gasteiger partial charge in [-0.2, -0.15) is 0 Å². The Morgan fingerprint density at radius 1 is 1.05 bits per heavy atom. The van der Waals surface area contributed by atoms with Gasteiger partial charge in [-0.25, -0.2) is 0 Å². The first-order valence-corrected chi connectivity index (χ1v) is 6.69. The minimum Gasteiger partial charge on any atom is -0.348 e. The molecule has 0 aliphatic heterocycles. The van der Waals surface area contributed by atoms with E-state index in [0.29, 0.717) is 19.0 Å². The van der Waals surface area contributed by atoms with E-state index < -0.39 is 11.8 Å². The van der Waals surface area contributed by atoms with Gasteiger partial charge in [0.05, 0.1) is 0 Å². The van der Waals surface area contributed by atoms with Crippen LogP contribution in [0.3, 0.4) is 0 Å². The fraction of sp³-hybridized carbons (Fsp3) is 0.467. The van der Waals surface area contributed by atoms with Crippen molar-refractivity contribution in [1.29, 1.82) is 0 Å². The van der Waals surface area contributed by atoms with E-state index in [1.807, 2.05) is 31.2 Å². The third-order valence-electron chi connectivity index (χ3n) is 2.84. The quantitative estimate of drug-likeness (QED) is 0.797. The third-order valence-corrected chi connectivity index (χ3v) is 2.84. The molecule has 0 saturated carbocycles. The zero-order chi connectivity index (χ0) is 14.3. The fourth-order valence-electron chi connectivity index (χ4n) is 1.60. The second kappa shape index (κ2) is 7.56. The van der Waals surface area contributed by atoms with E-state index in [1.165, 1.54) is 5.56 Å². The first kappa shape index (κ1) is 15.2. The van der Waals surface area contributed by atoms with E-state index in [1.54, 1.807) is 0 Å². The Labute approximate surface area is 114 Å². The standard InChI is InChI=1S/C15H22N2O2/c1-4-9-16-14(18)15(19)17-10-12-5-7-13(8-6-12)11(2)3/h5-8,11H,4,9-10H2,1-3H3,(H,16,18)(H,17,19). The molecule has 19 heavy (non-hydrogen) atoms. The van der Waals surface area contributed by atoms with Gasteiger partial charge >= 0.3 is 11.8 Å². The molecule has 1 rings (SSSR count). The molecule has 2 N–H and O–H groups in total. The molecule has 0 heterocycles. The van der Waals surface area contributed by atoms with Gasteiger partial charge in [0.1, 0.15) is 0 Å². The van der Waals surface area contributed by atoms with E-state index in [4.69, 9.17) is 0 Å². The van der Waals surface area contributed by atoms with Crippen LogP contribution in [-0.2, 0) is 16.1 Å². The minimum absolute atomic E-state index is 0.372. The van der Waals surface area contributed by atoms with Gasteiger partial charge in [0.2, 0.25) is 0 Å². The smallest absolute Gasteiger partial charge is 0.309 e. The van der Waals surface area contributed by atoms with Crippen LogP contribution in [0.4, 0.5) is 0 Å². The van der Waals surface area contributed by atoms with Crippen molar-refractivity contribution in [3.05, 3.63) is 35.4 Å². The lowest BCUT2D eigenvalue weighted by molar-refractivity contribution is -0.139. The van der Waals surface area contributed by atoms with Crippen LogP contribution in [0.1, 0.15) is 44.2 Å². The molecule has 0 bridgehead atoms. The monoisotopic (exact) mass is 262 g/mol. The van der Waals surface area contributed by atoms with Crippen LogP contribution in [0, 0.1) is 0 Å².